The van der Waals surface area contributed by atoms with E-state index < -0.39 is 0 Å². The number of benzene rings is 3. The van der Waals surface area contributed by atoms with E-state index in [0.717, 1.165) is 16.6 Å². The van der Waals surface area contributed by atoms with E-state index in [1.807, 2.05) is 30.3 Å². The minimum absolute atomic E-state index is 0.339. The number of carbonyl (C=O) groups is 1. The maximum atomic E-state index is 13.3. The van der Waals surface area contributed by atoms with E-state index in [1.165, 1.54) is 65.7 Å². The number of rotatable bonds is 2. The van der Waals surface area contributed by atoms with Gasteiger partial charge in [-0.2, -0.15) is 4.79 Å². The highest BCUT2D eigenvalue weighted by Crippen LogP contribution is 2.35. The first kappa shape index (κ1) is 19.8. The quantitative estimate of drug-likeness (QED) is 0.405. The molecule has 1 saturated carbocycles. The Morgan fingerprint density at radius 2 is 1.59 bits per heavy atom. The Kier molecular flexibility index (Phi) is 5.11. The first-order valence-electron chi connectivity index (χ1n) is 11.7. The SMILES string of the molecule is O=C(Oc1ccccc1)[N+]1=c2ccc(=C3CCCC3)cc2-c2cc([S+]3CCCC3)ccc21. The predicted molar refractivity (Wildman–Crippen MR) is 131 cm³/mol. The standard InChI is InChI=1S/C28H27NO2S/c30-28(31-22-10-2-1-3-11-22)29-26-14-12-21(20-8-4-5-9-20)18-24(26)25-19-23(13-15-27(25)29)32-16-6-7-17-32/h1-3,10-15,18-19H,4-9,16-17H2/q+2. The Morgan fingerprint density at radius 3 is 2.38 bits per heavy atom. The molecule has 1 aliphatic carbocycles. The molecule has 0 spiro atoms. The monoisotopic (exact) mass is 441 g/mol. The van der Waals surface area contributed by atoms with Gasteiger partial charge < -0.3 is 4.74 Å². The van der Waals surface area contributed by atoms with Crippen LogP contribution in [0.1, 0.15) is 38.5 Å². The third kappa shape index (κ3) is 3.47. The molecule has 0 aromatic heterocycles. The molecular formula is C28H27NO2S+2. The fourth-order valence-corrected chi connectivity index (χ4v) is 7.54. The van der Waals surface area contributed by atoms with Crippen molar-refractivity contribution < 1.29 is 9.53 Å². The Bertz CT molecular complexity index is 1320. The number of nitrogens with zero attached hydrogens (tertiary/aromatic N) is 1. The molecule has 6 rings (SSSR count). The van der Waals surface area contributed by atoms with Gasteiger partial charge in [-0.25, -0.2) is 0 Å². The molecule has 1 amide bonds. The van der Waals surface area contributed by atoms with Gasteiger partial charge in [0.15, 0.2) is 4.90 Å². The van der Waals surface area contributed by atoms with E-state index >= 15 is 0 Å². The van der Waals surface area contributed by atoms with Crippen molar-refractivity contribution in [3.8, 4) is 16.9 Å². The van der Waals surface area contributed by atoms with Crippen LogP contribution in [0.5, 0.6) is 5.75 Å². The summed E-state index contributed by atoms with van der Waals surface area (Å²) in [5, 5.41) is 2.26. The first-order chi connectivity index (χ1) is 15.8. The summed E-state index contributed by atoms with van der Waals surface area (Å²) < 4.78 is 7.51. The molecule has 32 heavy (non-hydrogen) atoms. The van der Waals surface area contributed by atoms with E-state index in [4.69, 9.17) is 4.74 Å². The minimum atomic E-state index is -0.353. The highest BCUT2D eigenvalue weighted by atomic mass is 32.2. The van der Waals surface area contributed by atoms with Crippen molar-refractivity contribution in [2.75, 3.05) is 11.5 Å². The molecule has 2 fully saturated rings. The fraction of sp³-hybridized carbons (Fsp3) is 0.286. The van der Waals surface area contributed by atoms with Crippen molar-refractivity contribution in [3.63, 3.8) is 0 Å². The van der Waals surface area contributed by atoms with Crippen molar-refractivity contribution >= 4 is 28.2 Å². The Hall–Kier alpha value is -2.85. The van der Waals surface area contributed by atoms with Gasteiger partial charge in [0.25, 0.3) is 0 Å². The van der Waals surface area contributed by atoms with Crippen LogP contribution in [0.2, 0.25) is 0 Å². The van der Waals surface area contributed by atoms with Crippen molar-refractivity contribution in [3.05, 3.63) is 77.3 Å². The zero-order chi connectivity index (χ0) is 21.5. The molecule has 2 heterocycles. The molecule has 160 valence electrons. The third-order valence-corrected chi connectivity index (χ3v) is 9.33. The minimum Gasteiger partial charge on any atom is -0.372 e. The second-order valence-corrected chi connectivity index (χ2v) is 11.1. The van der Waals surface area contributed by atoms with E-state index in [9.17, 15) is 4.79 Å². The molecule has 0 radical (unpaired) electrons. The molecule has 3 aliphatic rings. The zero-order valence-corrected chi connectivity index (χ0v) is 19.0. The number of amides is 1. The molecular weight excluding hydrogens is 414 g/mol. The molecule has 3 nitrogen and oxygen atoms in total. The second-order valence-electron chi connectivity index (χ2n) is 8.85. The van der Waals surface area contributed by atoms with Gasteiger partial charge >= 0.3 is 6.09 Å². The van der Waals surface area contributed by atoms with Crippen LogP contribution < -0.4 is 19.9 Å². The van der Waals surface area contributed by atoms with Gasteiger partial charge in [-0.1, -0.05) is 28.3 Å². The van der Waals surface area contributed by atoms with Gasteiger partial charge in [0.2, 0.25) is 11.0 Å². The number of hydrogen-bond acceptors (Lipinski definition) is 2. The molecule has 1 saturated heterocycles. The maximum absolute atomic E-state index is 13.3. The van der Waals surface area contributed by atoms with E-state index in [1.54, 1.807) is 10.1 Å². The van der Waals surface area contributed by atoms with Gasteiger partial charge in [-0.05, 0) is 74.1 Å². The summed E-state index contributed by atoms with van der Waals surface area (Å²) in [6.45, 7) is 0. The van der Waals surface area contributed by atoms with E-state index in [0.29, 0.717) is 16.6 Å². The van der Waals surface area contributed by atoms with Crippen LogP contribution in [0.25, 0.3) is 16.7 Å². The van der Waals surface area contributed by atoms with Crippen LogP contribution in [-0.2, 0) is 10.9 Å². The molecule has 4 heteroatoms. The Balaban J connectivity index is 1.50. The number of para-hydroxylation sites is 1. The molecule has 0 unspecified atom stereocenters. The lowest BCUT2D eigenvalue weighted by molar-refractivity contribution is 0.200. The number of fused-ring (bicyclic) bond motifs is 3. The third-order valence-electron chi connectivity index (χ3n) is 6.85. The Labute approximate surface area is 191 Å². The van der Waals surface area contributed by atoms with Crippen molar-refractivity contribution in [1.29, 1.82) is 0 Å². The molecule has 2 aliphatic heterocycles. The summed E-state index contributed by atoms with van der Waals surface area (Å²) in [5.41, 5.74) is 4.81. The lowest BCUT2D eigenvalue weighted by atomic mass is 10.0. The lowest BCUT2D eigenvalue weighted by Gasteiger charge is -2.04. The van der Waals surface area contributed by atoms with Crippen LogP contribution >= 0.6 is 0 Å². The van der Waals surface area contributed by atoms with E-state index in [2.05, 4.69) is 36.4 Å². The Morgan fingerprint density at radius 1 is 0.812 bits per heavy atom. The van der Waals surface area contributed by atoms with Crippen LogP contribution in [0.3, 0.4) is 0 Å². The van der Waals surface area contributed by atoms with Gasteiger partial charge in [0.05, 0.1) is 11.1 Å². The predicted octanol–water partition coefficient (Wildman–Crippen LogP) is 5.18. The fourth-order valence-electron chi connectivity index (χ4n) is 5.21. The zero-order valence-electron chi connectivity index (χ0n) is 18.2. The van der Waals surface area contributed by atoms with Crippen LogP contribution in [0.4, 0.5) is 10.5 Å². The highest BCUT2D eigenvalue weighted by Gasteiger charge is 2.37. The topological polar surface area (TPSA) is 29.3 Å². The number of ether oxygens (including phenoxy) is 1. The van der Waals surface area contributed by atoms with Gasteiger partial charge in [0, 0.05) is 29.1 Å². The summed E-state index contributed by atoms with van der Waals surface area (Å²) in [5.74, 6) is 3.15. The molecule has 0 bridgehead atoms. The summed E-state index contributed by atoms with van der Waals surface area (Å²) in [4.78, 5) is 14.8. The van der Waals surface area contributed by atoms with Crippen LogP contribution in [0, 0.1) is 0 Å². The van der Waals surface area contributed by atoms with Crippen molar-refractivity contribution in [1.82, 2.24) is 4.58 Å². The van der Waals surface area contributed by atoms with Gasteiger partial charge in [-0.3, -0.25) is 0 Å². The van der Waals surface area contributed by atoms with Crippen LogP contribution in [-0.4, -0.2) is 17.6 Å². The van der Waals surface area contributed by atoms with Gasteiger partial charge in [-0.15, -0.1) is 0 Å². The second kappa shape index (κ2) is 8.25. The average molecular weight is 442 g/mol. The summed E-state index contributed by atoms with van der Waals surface area (Å²) in [6, 6.07) is 22.6. The number of carbonyl (C=O) groups excluding carboxylic acids is 1. The van der Waals surface area contributed by atoms with Crippen molar-refractivity contribution in [2.45, 2.75) is 43.4 Å². The van der Waals surface area contributed by atoms with Crippen LogP contribution in [0.15, 0.2) is 71.6 Å². The lowest BCUT2D eigenvalue weighted by Crippen LogP contribution is -2.32. The summed E-state index contributed by atoms with van der Waals surface area (Å²) >= 11 is 0. The first-order valence-corrected chi connectivity index (χ1v) is 13.2. The molecule has 0 N–H and O–H groups in total. The smallest absolute Gasteiger partial charge is 0.372 e. The average Bonchev–Trinajstić information content (AvgIpc) is 3.59. The van der Waals surface area contributed by atoms with Gasteiger partial charge in [0.1, 0.15) is 17.3 Å². The summed E-state index contributed by atoms with van der Waals surface area (Å²) in [6.07, 6.45) is 7.25. The molecule has 0 atom stereocenters. The number of hydrogen-bond donors (Lipinski definition) is 0. The highest BCUT2D eigenvalue weighted by molar-refractivity contribution is 7.97. The van der Waals surface area contributed by atoms with E-state index in [-0.39, 0.29) is 6.09 Å². The largest absolute Gasteiger partial charge is 0.608 e. The molecule has 3 aromatic rings. The molecule has 3 aromatic carbocycles. The van der Waals surface area contributed by atoms with Crippen molar-refractivity contribution in [2.24, 2.45) is 0 Å². The summed E-state index contributed by atoms with van der Waals surface area (Å²) in [7, 11) is 0.339. The maximum Gasteiger partial charge on any atom is 0.608 e. The normalized spacial score (nSPS) is 17.5.